The number of carbonyl (C=O) groups excluding carboxylic acids is 1. The van der Waals surface area contributed by atoms with Gasteiger partial charge in [0.25, 0.3) is 0 Å². The highest BCUT2D eigenvalue weighted by atomic mass is 16.5. The third-order valence-corrected chi connectivity index (χ3v) is 2.88. The van der Waals surface area contributed by atoms with Crippen LogP contribution in [0.5, 0.6) is 0 Å². The number of rotatable bonds is 6. The van der Waals surface area contributed by atoms with Crippen molar-refractivity contribution in [1.29, 1.82) is 0 Å². The molecule has 0 aliphatic carbocycles. The Kier molecular flexibility index (Phi) is 6.42. The second kappa shape index (κ2) is 7.63. The molecule has 0 radical (unpaired) electrons. The fourth-order valence-corrected chi connectivity index (χ4v) is 1.98. The smallest absolute Gasteiger partial charge is 0.223 e. The number of likely N-dealkylation sites (tertiary alicyclic amines) is 1. The number of hydrogen-bond acceptors (Lipinski definition) is 3. The highest BCUT2D eigenvalue weighted by Crippen LogP contribution is 2.14. The van der Waals surface area contributed by atoms with Gasteiger partial charge in [-0.2, -0.15) is 0 Å². The summed E-state index contributed by atoms with van der Waals surface area (Å²) < 4.78 is 5.71. The van der Waals surface area contributed by atoms with E-state index in [1.807, 2.05) is 11.9 Å². The summed E-state index contributed by atoms with van der Waals surface area (Å²) in [7, 11) is 1.87. The molecule has 1 heterocycles. The zero-order valence-corrected chi connectivity index (χ0v) is 10.5. The first kappa shape index (κ1) is 13.5. The van der Waals surface area contributed by atoms with Gasteiger partial charge in [0.05, 0.1) is 6.10 Å². The molecule has 1 N–H and O–H groups in total. The molecular weight excluding hydrogens is 204 g/mol. The Balaban J connectivity index is 2.28. The summed E-state index contributed by atoms with van der Waals surface area (Å²) in [5.41, 5.74) is 0. The van der Waals surface area contributed by atoms with Crippen molar-refractivity contribution in [1.82, 2.24) is 10.2 Å². The van der Waals surface area contributed by atoms with Crippen molar-refractivity contribution in [2.45, 2.75) is 38.7 Å². The topological polar surface area (TPSA) is 41.6 Å². The van der Waals surface area contributed by atoms with Gasteiger partial charge < -0.3 is 15.0 Å². The van der Waals surface area contributed by atoms with Crippen molar-refractivity contribution in [2.24, 2.45) is 0 Å². The molecule has 1 fully saturated rings. The van der Waals surface area contributed by atoms with Crippen LogP contribution in [0.1, 0.15) is 32.6 Å². The Hall–Kier alpha value is -0.610. The van der Waals surface area contributed by atoms with E-state index in [9.17, 15) is 4.79 Å². The van der Waals surface area contributed by atoms with Crippen LogP contribution in [0.2, 0.25) is 0 Å². The maximum atomic E-state index is 11.8. The molecule has 1 atom stereocenters. The van der Waals surface area contributed by atoms with Crippen LogP contribution >= 0.6 is 0 Å². The SMILES string of the molecule is CCCOC1CCCN(C(=O)CCNC)C1. The van der Waals surface area contributed by atoms with E-state index in [0.29, 0.717) is 6.42 Å². The Labute approximate surface area is 98.3 Å². The maximum Gasteiger partial charge on any atom is 0.223 e. The molecule has 1 unspecified atom stereocenters. The van der Waals surface area contributed by atoms with Crippen molar-refractivity contribution in [3.63, 3.8) is 0 Å². The average molecular weight is 228 g/mol. The fraction of sp³-hybridized carbons (Fsp3) is 0.917. The average Bonchev–Trinajstić information content (AvgIpc) is 2.33. The molecule has 0 bridgehead atoms. The van der Waals surface area contributed by atoms with Gasteiger partial charge in [-0.15, -0.1) is 0 Å². The number of carbonyl (C=O) groups is 1. The molecule has 4 nitrogen and oxygen atoms in total. The zero-order valence-electron chi connectivity index (χ0n) is 10.5. The molecule has 0 saturated carbocycles. The third-order valence-electron chi connectivity index (χ3n) is 2.88. The number of ether oxygens (including phenoxy) is 1. The third kappa shape index (κ3) is 4.49. The van der Waals surface area contributed by atoms with Crippen LogP contribution in [0.3, 0.4) is 0 Å². The highest BCUT2D eigenvalue weighted by Gasteiger charge is 2.23. The molecule has 0 spiro atoms. The van der Waals surface area contributed by atoms with E-state index in [1.165, 1.54) is 0 Å². The summed E-state index contributed by atoms with van der Waals surface area (Å²) in [6.45, 7) is 5.36. The Bertz CT molecular complexity index is 209. The Morgan fingerprint density at radius 3 is 3.06 bits per heavy atom. The number of piperidine rings is 1. The van der Waals surface area contributed by atoms with Crippen LogP contribution in [-0.4, -0.2) is 50.2 Å². The van der Waals surface area contributed by atoms with Crippen LogP contribution in [0.25, 0.3) is 0 Å². The summed E-state index contributed by atoms with van der Waals surface area (Å²) in [6, 6.07) is 0. The van der Waals surface area contributed by atoms with Crippen molar-refractivity contribution in [2.75, 3.05) is 33.3 Å². The Morgan fingerprint density at radius 1 is 1.56 bits per heavy atom. The minimum atomic E-state index is 0.249. The molecule has 1 aliphatic heterocycles. The van der Waals surface area contributed by atoms with Crippen LogP contribution in [0.15, 0.2) is 0 Å². The van der Waals surface area contributed by atoms with Crippen LogP contribution in [-0.2, 0) is 9.53 Å². The van der Waals surface area contributed by atoms with E-state index in [-0.39, 0.29) is 12.0 Å². The molecule has 16 heavy (non-hydrogen) atoms. The molecule has 0 aromatic rings. The molecule has 0 aromatic carbocycles. The van der Waals surface area contributed by atoms with Gasteiger partial charge in [-0.05, 0) is 26.3 Å². The molecule has 1 amide bonds. The van der Waals surface area contributed by atoms with Gasteiger partial charge >= 0.3 is 0 Å². The summed E-state index contributed by atoms with van der Waals surface area (Å²) >= 11 is 0. The molecule has 1 saturated heterocycles. The van der Waals surface area contributed by atoms with Crippen molar-refractivity contribution in [3.05, 3.63) is 0 Å². The first-order chi connectivity index (χ1) is 7.77. The predicted octanol–water partition coefficient (Wildman–Crippen LogP) is 1.01. The van der Waals surface area contributed by atoms with Gasteiger partial charge in [-0.3, -0.25) is 4.79 Å². The maximum absolute atomic E-state index is 11.8. The summed E-state index contributed by atoms with van der Waals surface area (Å²) in [5.74, 6) is 0.249. The standard InChI is InChI=1S/C12H24N2O2/c1-3-9-16-11-5-4-8-14(10-11)12(15)6-7-13-2/h11,13H,3-10H2,1-2H3. The minimum Gasteiger partial charge on any atom is -0.376 e. The van der Waals surface area contributed by atoms with E-state index in [1.54, 1.807) is 0 Å². The largest absolute Gasteiger partial charge is 0.376 e. The van der Waals surface area contributed by atoms with Gasteiger partial charge in [-0.25, -0.2) is 0 Å². The number of nitrogens with zero attached hydrogens (tertiary/aromatic N) is 1. The lowest BCUT2D eigenvalue weighted by Crippen LogP contribution is -2.43. The quantitative estimate of drug-likeness (QED) is 0.738. The molecule has 4 heteroatoms. The second-order valence-electron chi connectivity index (χ2n) is 4.33. The number of hydrogen-bond donors (Lipinski definition) is 1. The predicted molar refractivity (Wildman–Crippen MR) is 64.4 cm³/mol. The molecule has 94 valence electrons. The highest BCUT2D eigenvalue weighted by molar-refractivity contribution is 5.76. The first-order valence-corrected chi connectivity index (χ1v) is 6.32. The van der Waals surface area contributed by atoms with Crippen molar-refractivity contribution in [3.8, 4) is 0 Å². The fourth-order valence-electron chi connectivity index (χ4n) is 1.98. The monoisotopic (exact) mass is 228 g/mol. The number of amides is 1. The van der Waals surface area contributed by atoms with E-state index >= 15 is 0 Å². The molecule has 1 aliphatic rings. The Morgan fingerprint density at radius 2 is 2.38 bits per heavy atom. The normalized spacial score (nSPS) is 21.1. The van der Waals surface area contributed by atoms with Crippen molar-refractivity contribution >= 4 is 5.91 Å². The first-order valence-electron chi connectivity index (χ1n) is 6.32. The van der Waals surface area contributed by atoms with E-state index in [2.05, 4.69) is 12.2 Å². The summed E-state index contributed by atoms with van der Waals surface area (Å²) in [5, 5.41) is 3.00. The van der Waals surface area contributed by atoms with Gasteiger partial charge in [0.2, 0.25) is 5.91 Å². The lowest BCUT2D eigenvalue weighted by Gasteiger charge is -2.32. The van der Waals surface area contributed by atoms with E-state index in [0.717, 1.165) is 45.5 Å². The summed E-state index contributed by atoms with van der Waals surface area (Å²) in [6.07, 6.45) is 4.06. The van der Waals surface area contributed by atoms with Gasteiger partial charge in [-0.1, -0.05) is 6.92 Å². The van der Waals surface area contributed by atoms with Crippen molar-refractivity contribution < 1.29 is 9.53 Å². The molecule has 1 rings (SSSR count). The zero-order chi connectivity index (χ0) is 11.8. The molecular formula is C12H24N2O2. The molecule has 0 aromatic heterocycles. The number of nitrogens with one attached hydrogen (secondary N) is 1. The van der Waals surface area contributed by atoms with Gasteiger partial charge in [0, 0.05) is 32.7 Å². The van der Waals surface area contributed by atoms with Crippen LogP contribution in [0.4, 0.5) is 0 Å². The van der Waals surface area contributed by atoms with E-state index in [4.69, 9.17) is 4.74 Å². The van der Waals surface area contributed by atoms with E-state index < -0.39 is 0 Å². The lowest BCUT2D eigenvalue weighted by atomic mass is 10.1. The van der Waals surface area contributed by atoms with Gasteiger partial charge in [0.15, 0.2) is 0 Å². The summed E-state index contributed by atoms with van der Waals surface area (Å²) in [4.78, 5) is 13.8. The minimum absolute atomic E-state index is 0.249. The van der Waals surface area contributed by atoms with Gasteiger partial charge in [0.1, 0.15) is 0 Å². The lowest BCUT2D eigenvalue weighted by molar-refractivity contribution is -0.135. The van der Waals surface area contributed by atoms with Crippen LogP contribution < -0.4 is 5.32 Å². The second-order valence-corrected chi connectivity index (χ2v) is 4.33. The van der Waals surface area contributed by atoms with Crippen LogP contribution in [0, 0.1) is 0 Å².